The minimum Gasteiger partial charge on any atom is -0.330 e. The summed E-state index contributed by atoms with van der Waals surface area (Å²) in [4.78, 5) is 11.9. The maximum Gasteiger partial charge on any atom is 0.224 e. The standard InChI is InChI=1S/C11H12Cl2N4OS/c1-5(4-14)2-8(18)15-9-6(12)3-7(13)10-11(9)17-19-16-10/h3,5H,2,4,14H2,1H3,(H,15,18). The number of halogens is 2. The van der Waals surface area contributed by atoms with Gasteiger partial charge in [0.2, 0.25) is 5.91 Å². The SMILES string of the molecule is CC(CN)CC(=O)Nc1c(Cl)cc(Cl)c2c1N=S=N2. The van der Waals surface area contributed by atoms with Gasteiger partial charge in [-0.25, -0.2) is 0 Å². The third-order valence-corrected chi connectivity index (χ3v) is 3.76. The molecule has 1 heterocycles. The summed E-state index contributed by atoms with van der Waals surface area (Å²) >= 11 is 13.1. The fraction of sp³-hybridized carbons (Fsp3) is 0.364. The molecule has 0 saturated heterocycles. The van der Waals surface area contributed by atoms with Crippen molar-refractivity contribution < 1.29 is 4.79 Å². The lowest BCUT2D eigenvalue weighted by Crippen LogP contribution is -2.20. The van der Waals surface area contributed by atoms with Crippen molar-refractivity contribution in [3.8, 4) is 0 Å². The van der Waals surface area contributed by atoms with Crippen LogP contribution in [0.5, 0.6) is 0 Å². The summed E-state index contributed by atoms with van der Waals surface area (Å²) in [6.07, 6.45) is 0.328. The molecule has 8 heteroatoms. The van der Waals surface area contributed by atoms with Crippen molar-refractivity contribution in [2.45, 2.75) is 13.3 Å². The molecule has 1 aromatic carbocycles. The van der Waals surface area contributed by atoms with Gasteiger partial charge in [0.05, 0.1) is 27.1 Å². The number of hydrogen-bond donors (Lipinski definition) is 2. The molecule has 0 fully saturated rings. The van der Waals surface area contributed by atoms with Gasteiger partial charge in [-0.05, 0) is 18.5 Å². The topological polar surface area (TPSA) is 79.8 Å². The Kier molecular flexibility index (Phi) is 4.57. The molecule has 19 heavy (non-hydrogen) atoms. The molecule has 0 aliphatic carbocycles. The van der Waals surface area contributed by atoms with E-state index < -0.39 is 0 Å². The van der Waals surface area contributed by atoms with Gasteiger partial charge >= 0.3 is 0 Å². The number of amides is 1. The predicted octanol–water partition coefficient (Wildman–Crippen LogP) is 3.64. The van der Waals surface area contributed by atoms with Crippen LogP contribution in [0.25, 0.3) is 0 Å². The molecular weight excluding hydrogens is 307 g/mol. The number of hydrogen-bond acceptors (Lipinski definition) is 4. The Morgan fingerprint density at radius 1 is 1.42 bits per heavy atom. The Balaban J connectivity index is 2.25. The lowest BCUT2D eigenvalue weighted by atomic mass is 10.1. The number of fused-ring (bicyclic) bond motifs is 1. The third-order valence-electron chi connectivity index (χ3n) is 2.64. The summed E-state index contributed by atoms with van der Waals surface area (Å²) < 4.78 is 8.19. The fourth-order valence-corrected chi connectivity index (χ4v) is 2.74. The summed E-state index contributed by atoms with van der Waals surface area (Å²) in [7, 11) is 0. The molecule has 0 aromatic heterocycles. The van der Waals surface area contributed by atoms with E-state index in [9.17, 15) is 4.79 Å². The van der Waals surface area contributed by atoms with Crippen LogP contribution in [0.15, 0.2) is 14.8 Å². The molecule has 0 bridgehead atoms. The minimum atomic E-state index is -0.156. The number of nitrogens with zero attached hydrogens (tertiary/aromatic N) is 2. The molecule has 0 spiro atoms. The Labute approximate surface area is 124 Å². The Morgan fingerprint density at radius 2 is 2.11 bits per heavy atom. The molecule has 1 unspecified atom stereocenters. The van der Waals surface area contributed by atoms with E-state index in [0.29, 0.717) is 40.1 Å². The van der Waals surface area contributed by atoms with Crippen LogP contribution in [0.4, 0.5) is 17.1 Å². The zero-order valence-electron chi connectivity index (χ0n) is 10.1. The van der Waals surface area contributed by atoms with Gasteiger partial charge in [0.15, 0.2) is 0 Å². The number of benzene rings is 1. The second-order valence-corrected chi connectivity index (χ2v) is 5.61. The number of carbonyl (C=O) groups is 1. The van der Waals surface area contributed by atoms with Crippen molar-refractivity contribution >= 4 is 57.5 Å². The van der Waals surface area contributed by atoms with E-state index in [1.807, 2.05) is 6.92 Å². The molecular formula is C11H12Cl2N4OS. The first-order valence-electron chi connectivity index (χ1n) is 5.63. The van der Waals surface area contributed by atoms with Gasteiger partial charge in [0.1, 0.15) is 11.4 Å². The van der Waals surface area contributed by atoms with Crippen LogP contribution in [-0.4, -0.2) is 12.5 Å². The van der Waals surface area contributed by atoms with E-state index in [2.05, 4.69) is 14.0 Å². The highest BCUT2D eigenvalue weighted by Crippen LogP contribution is 2.47. The summed E-state index contributed by atoms with van der Waals surface area (Å²) in [5.74, 6) is -0.0494. The van der Waals surface area contributed by atoms with E-state index in [-0.39, 0.29) is 11.8 Å². The van der Waals surface area contributed by atoms with Crippen molar-refractivity contribution in [1.82, 2.24) is 0 Å². The lowest BCUT2D eigenvalue weighted by molar-refractivity contribution is -0.116. The number of nitrogens with one attached hydrogen (secondary N) is 1. The Hall–Kier alpha value is -0.950. The summed E-state index contributed by atoms with van der Waals surface area (Å²) in [6.45, 7) is 2.36. The van der Waals surface area contributed by atoms with E-state index >= 15 is 0 Å². The second kappa shape index (κ2) is 6.00. The van der Waals surface area contributed by atoms with Crippen LogP contribution < -0.4 is 11.1 Å². The summed E-state index contributed by atoms with van der Waals surface area (Å²) in [5.41, 5.74) is 6.99. The molecule has 1 aliphatic heterocycles. The summed E-state index contributed by atoms with van der Waals surface area (Å²) in [6, 6.07) is 1.55. The first-order chi connectivity index (χ1) is 9.02. The molecule has 2 rings (SSSR count). The van der Waals surface area contributed by atoms with Crippen LogP contribution in [0, 0.1) is 5.92 Å². The molecule has 102 valence electrons. The molecule has 0 radical (unpaired) electrons. The van der Waals surface area contributed by atoms with E-state index in [1.54, 1.807) is 6.07 Å². The molecule has 1 amide bonds. The second-order valence-electron chi connectivity index (χ2n) is 4.27. The zero-order valence-corrected chi connectivity index (χ0v) is 12.4. The maximum absolute atomic E-state index is 11.9. The van der Waals surface area contributed by atoms with Gasteiger partial charge in [0, 0.05) is 6.42 Å². The fourth-order valence-electron chi connectivity index (χ4n) is 1.58. The van der Waals surface area contributed by atoms with Gasteiger partial charge in [-0.3, -0.25) is 4.79 Å². The van der Waals surface area contributed by atoms with Gasteiger partial charge in [-0.15, -0.1) is 0 Å². The van der Waals surface area contributed by atoms with Crippen LogP contribution in [0.3, 0.4) is 0 Å². The van der Waals surface area contributed by atoms with Gasteiger partial charge < -0.3 is 11.1 Å². The van der Waals surface area contributed by atoms with E-state index in [4.69, 9.17) is 28.9 Å². The van der Waals surface area contributed by atoms with Crippen LogP contribution >= 0.6 is 23.2 Å². The molecule has 1 aromatic rings. The van der Waals surface area contributed by atoms with E-state index in [1.165, 1.54) is 0 Å². The minimum absolute atomic E-state index is 0.107. The molecule has 1 aliphatic rings. The number of rotatable bonds is 4. The highest BCUT2D eigenvalue weighted by atomic mass is 35.5. The number of anilines is 1. The number of nitrogens with two attached hydrogens (primary N) is 1. The number of carbonyl (C=O) groups excluding carboxylic acids is 1. The predicted molar refractivity (Wildman–Crippen MR) is 79.5 cm³/mol. The van der Waals surface area contributed by atoms with Crippen LogP contribution in [0.2, 0.25) is 10.0 Å². The average Bonchev–Trinajstić information content (AvgIpc) is 2.83. The Morgan fingerprint density at radius 3 is 2.79 bits per heavy atom. The van der Waals surface area contributed by atoms with Crippen LogP contribution in [-0.2, 0) is 16.1 Å². The van der Waals surface area contributed by atoms with Gasteiger partial charge in [-0.1, -0.05) is 30.1 Å². The smallest absolute Gasteiger partial charge is 0.224 e. The van der Waals surface area contributed by atoms with Crippen molar-refractivity contribution in [3.05, 3.63) is 16.1 Å². The highest BCUT2D eigenvalue weighted by Gasteiger charge is 2.20. The lowest BCUT2D eigenvalue weighted by Gasteiger charge is -2.12. The third kappa shape index (κ3) is 3.14. The van der Waals surface area contributed by atoms with Crippen molar-refractivity contribution in [3.63, 3.8) is 0 Å². The van der Waals surface area contributed by atoms with Gasteiger partial charge in [-0.2, -0.15) is 8.73 Å². The molecule has 1 atom stereocenters. The average molecular weight is 319 g/mol. The van der Waals surface area contributed by atoms with Crippen molar-refractivity contribution in [2.75, 3.05) is 11.9 Å². The molecule has 0 saturated carbocycles. The zero-order chi connectivity index (χ0) is 14.0. The quantitative estimate of drug-likeness (QED) is 0.902. The largest absolute Gasteiger partial charge is 0.330 e. The van der Waals surface area contributed by atoms with Crippen molar-refractivity contribution in [2.24, 2.45) is 20.4 Å². The monoisotopic (exact) mass is 318 g/mol. The van der Waals surface area contributed by atoms with Crippen molar-refractivity contribution in [1.29, 1.82) is 0 Å². The normalized spacial score (nSPS) is 13.9. The molecule has 5 nitrogen and oxygen atoms in total. The summed E-state index contributed by atoms with van der Waals surface area (Å²) in [5, 5.41) is 3.52. The first-order valence-corrected chi connectivity index (χ1v) is 7.11. The first kappa shape index (κ1) is 14.5. The molecule has 3 N–H and O–H groups in total. The van der Waals surface area contributed by atoms with Crippen LogP contribution in [0.1, 0.15) is 13.3 Å². The van der Waals surface area contributed by atoms with E-state index in [0.717, 1.165) is 11.4 Å². The maximum atomic E-state index is 11.9. The Bertz CT molecular complexity index is 599. The van der Waals surface area contributed by atoms with Gasteiger partial charge in [0.25, 0.3) is 0 Å². The highest BCUT2D eigenvalue weighted by molar-refractivity contribution is 7.58.